The van der Waals surface area contributed by atoms with Crippen LogP contribution in [0, 0.1) is 0 Å². The van der Waals surface area contributed by atoms with Gasteiger partial charge in [-0.1, -0.05) is 18.6 Å². The number of nitrogens with zero attached hydrogens (tertiary/aromatic N) is 3. The first-order valence-corrected chi connectivity index (χ1v) is 6.53. The molecule has 0 aromatic carbocycles. The van der Waals surface area contributed by atoms with Crippen molar-refractivity contribution in [3.05, 3.63) is 11.9 Å². The van der Waals surface area contributed by atoms with Gasteiger partial charge in [0.15, 0.2) is 0 Å². The van der Waals surface area contributed by atoms with Crippen molar-refractivity contribution in [2.24, 2.45) is 0 Å². The molecule has 0 radical (unpaired) electrons. The highest BCUT2D eigenvalue weighted by Gasteiger charge is 2.00. The van der Waals surface area contributed by atoms with E-state index in [1.165, 1.54) is 6.42 Å². The summed E-state index contributed by atoms with van der Waals surface area (Å²) in [6.07, 6.45) is 4.23. The average Bonchev–Trinajstić information content (AvgIpc) is 2.82. The van der Waals surface area contributed by atoms with Crippen LogP contribution in [-0.4, -0.2) is 48.5 Å². The second-order valence-electron chi connectivity index (χ2n) is 4.11. The molecule has 0 fully saturated rings. The van der Waals surface area contributed by atoms with Crippen molar-refractivity contribution in [2.75, 3.05) is 33.5 Å². The average molecular weight is 256 g/mol. The summed E-state index contributed by atoms with van der Waals surface area (Å²) in [6, 6.07) is 0. The highest BCUT2D eigenvalue weighted by molar-refractivity contribution is 4.91. The van der Waals surface area contributed by atoms with Crippen molar-refractivity contribution in [2.45, 2.75) is 32.9 Å². The second-order valence-corrected chi connectivity index (χ2v) is 4.11. The highest BCUT2D eigenvalue weighted by atomic mass is 16.5. The van der Waals surface area contributed by atoms with E-state index in [2.05, 4.69) is 22.6 Å². The normalized spacial score (nSPS) is 11.0. The summed E-state index contributed by atoms with van der Waals surface area (Å²) < 4.78 is 12.2. The third-order valence-electron chi connectivity index (χ3n) is 2.48. The minimum Gasteiger partial charge on any atom is -0.383 e. The van der Waals surface area contributed by atoms with Crippen molar-refractivity contribution < 1.29 is 9.47 Å². The third-order valence-corrected chi connectivity index (χ3v) is 2.48. The summed E-state index contributed by atoms with van der Waals surface area (Å²) in [5.41, 5.74) is 0.944. The van der Waals surface area contributed by atoms with Gasteiger partial charge in [-0.3, -0.25) is 0 Å². The van der Waals surface area contributed by atoms with Crippen LogP contribution in [0.1, 0.15) is 25.5 Å². The van der Waals surface area contributed by atoms with E-state index in [0.717, 1.165) is 38.4 Å². The van der Waals surface area contributed by atoms with E-state index in [1.807, 2.05) is 10.9 Å². The lowest BCUT2D eigenvalue weighted by Crippen LogP contribution is -2.18. The van der Waals surface area contributed by atoms with Gasteiger partial charge < -0.3 is 14.8 Å². The molecule has 0 aliphatic carbocycles. The quantitative estimate of drug-likeness (QED) is 0.594. The van der Waals surface area contributed by atoms with Crippen LogP contribution in [0.2, 0.25) is 0 Å². The fourth-order valence-corrected chi connectivity index (χ4v) is 1.43. The molecule has 0 unspecified atom stereocenters. The van der Waals surface area contributed by atoms with Crippen LogP contribution in [0.4, 0.5) is 0 Å². The summed E-state index contributed by atoms with van der Waals surface area (Å²) in [5.74, 6) is 0. The van der Waals surface area contributed by atoms with E-state index in [9.17, 15) is 0 Å². The molecule has 0 aliphatic heterocycles. The highest BCUT2D eigenvalue weighted by Crippen LogP contribution is 1.94. The maximum Gasteiger partial charge on any atom is 0.0964 e. The Morgan fingerprint density at radius 1 is 1.33 bits per heavy atom. The number of methoxy groups -OCH3 is 1. The molecule has 1 heterocycles. The lowest BCUT2D eigenvalue weighted by Gasteiger charge is -2.02. The van der Waals surface area contributed by atoms with Gasteiger partial charge in [-0.05, 0) is 6.42 Å². The van der Waals surface area contributed by atoms with Crippen molar-refractivity contribution >= 4 is 0 Å². The van der Waals surface area contributed by atoms with E-state index in [-0.39, 0.29) is 0 Å². The first-order chi connectivity index (χ1) is 8.86. The summed E-state index contributed by atoms with van der Waals surface area (Å²) in [7, 11) is 1.69. The topological polar surface area (TPSA) is 61.2 Å². The van der Waals surface area contributed by atoms with Gasteiger partial charge in [0.2, 0.25) is 0 Å². The Balaban J connectivity index is 2.10. The van der Waals surface area contributed by atoms with Gasteiger partial charge in [0.1, 0.15) is 0 Å². The van der Waals surface area contributed by atoms with Crippen LogP contribution in [0.5, 0.6) is 0 Å². The van der Waals surface area contributed by atoms with Gasteiger partial charge in [0.25, 0.3) is 0 Å². The number of hydrogen-bond acceptors (Lipinski definition) is 5. The molecule has 0 atom stereocenters. The maximum absolute atomic E-state index is 5.48. The van der Waals surface area contributed by atoms with Crippen LogP contribution >= 0.6 is 0 Å². The van der Waals surface area contributed by atoms with E-state index in [1.54, 1.807) is 7.11 Å². The molecule has 6 nitrogen and oxygen atoms in total. The van der Waals surface area contributed by atoms with Crippen molar-refractivity contribution in [1.29, 1.82) is 0 Å². The zero-order chi connectivity index (χ0) is 13.1. The van der Waals surface area contributed by atoms with Crippen LogP contribution in [-0.2, 0) is 22.6 Å². The molecule has 6 heteroatoms. The molecule has 1 aromatic heterocycles. The molecule has 0 spiro atoms. The largest absolute Gasteiger partial charge is 0.383 e. The third kappa shape index (κ3) is 6.68. The minimum absolute atomic E-state index is 0.694. The second kappa shape index (κ2) is 9.99. The smallest absolute Gasteiger partial charge is 0.0964 e. The van der Waals surface area contributed by atoms with Crippen LogP contribution in [0.25, 0.3) is 0 Å². The van der Waals surface area contributed by atoms with Gasteiger partial charge in [-0.2, -0.15) is 0 Å². The first-order valence-electron chi connectivity index (χ1n) is 6.53. The monoisotopic (exact) mass is 256 g/mol. The Bertz CT molecular complexity index is 304. The molecule has 104 valence electrons. The number of ether oxygens (including phenoxy) is 2. The van der Waals surface area contributed by atoms with Gasteiger partial charge in [0, 0.05) is 33.0 Å². The van der Waals surface area contributed by atoms with Crippen molar-refractivity contribution in [1.82, 2.24) is 20.3 Å². The van der Waals surface area contributed by atoms with Crippen molar-refractivity contribution in [3.63, 3.8) is 0 Å². The fourth-order valence-electron chi connectivity index (χ4n) is 1.43. The van der Waals surface area contributed by atoms with Gasteiger partial charge >= 0.3 is 0 Å². The molecule has 1 aromatic rings. The predicted octanol–water partition coefficient (Wildman–Crippen LogP) is 0.831. The molecule has 0 saturated heterocycles. The minimum atomic E-state index is 0.694. The Hall–Kier alpha value is -0.980. The van der Waals surface area contributed by atoms with E-state index in [0.29, 0.717) is 13.2 Å². The summed E-state index contributed by atoms with van der Waals surface area (Å²) >= 11 is 0. The molecule has 1 rings (SSSR count). The Kier molecular flexibility index (Phi) is 8.37. The van der Waals surface area contributed by atoms with Crippen LogP contribution in [0.15, 0.2) is 6.20 Å². The zero-order valence-electron chi connectivity index (χ0n) is 11.4. The molecular formula is C12H24N4O2. The molecule has 0 saturated carbocycles. The Labute approximate surface area is 109 Å². The Morgan fingerprint density at radius 2 is 2.22 bits per heavy atom. The predicted molar refractivity (Wildman–Crippen MR) is 69.3 cm³/mol. The maximum atomic E-state index is 5.48. The van der Waals surface area contributed by atoms with Gasteiger partial charge in [-0.25, -0.2) is 4.68 Å². The fraction of sp³-hybridized carbons (Fsp3) is 0.833. The standard InChI is InChI=1S/C12H24N4O2/c1-3-4-7-18-9-6-16-11-12(14-15-16)10-13-5-8-17-2/h11,13H,3-10H2,1-2H3. The van der Waals surface area contributed by atoms with Crippen LogP contribution in [0.3, 0.4) is 0 Å². The number of hydrogen-bond donors (Lipinski definition) is 1. The lowest BCUT2D eigenvalue weighted by molar-refractivity contribution is 0.120. The number of unbranched alkanes of at least 4 members (excludes halogenated alkanes) is 1. The molecule has 1 N–H and O–H groups in total. The SMILES string of the molecule is CCCCOCCn1cc(CNCCOC)nn1. The van der Waals surface area contributed by atoms with E-state index in [4.69, 9.17) is 9.47 Å². The Morgan fingerprint density at radius 3 is 3.00 bits per heavy atom. The van der Waals surface area contributed by atoms with Crippen LogP contribution < -0.4 is 5.32 Å². The molecule has 18 heavy (non-hydrogen) atoms. The summed E-state index contributed by atoms with van der Waals surface area (Å²) in [6.45, 7) is 6.69. The van der Waals surface area contributed by atoms with Gasteiger partial charge in [-0.15, -0.1) is 5.10 Å². The molecule has 0 bridgehead atoms. The zero-order valence-corrected chi connectivity index (χ0v) is 11.4. The van der Waals surface area contributed by atoms with E-state index < -0.39 is 0 Å². The summed E-state index contributed by atoms with van der Waals surface area (Å²) in [4.78, 5) is 0. The molecule has 0 amide bonds. The number of rotatable bonds is 11. The lowest BCUT2D eigenvalue weighted by atomic mass is 10.4. The summed E-state index contributed by atoms with van der Waals surface area (Å²) in [5, 5.41) is 11.4. The molecule has 0 aliphatic rings. The molecular weight excluding hydrogens is 232 g/mol. The van der Waals surface area contributed by atoms with Gasteiger partial charge in [0.05, 0.1) is 25.5 Å². The number of nitrogens with one attached hydrogen (secondary N) is 1. The van der Waals surface area contributed by atoms with Crippen molar-refractivity contribution in [3.8, 4) is 0 Å². The first kappa shape index (κ1) is 15.1. The van der Waals surface area contributed by atoms with E-state index >= 15 is 0 Å². The number of aromatic nitrogens is 3.